The van der Waals surface area contributed by atoms with Gasteiger partial charge in [-0.2, -0.15) is 0 Å². The van der Waals surface area contributed by atoms with Gasteiger partial charge in [0, 0.05) is 45.7 Å². The van der Waals surface area contributed by atoms with Gasteiger partial charge in [-0.3, -0.25) is 4.79 Å². The molecule has 0 bridgehead atoms. The molecule has 1 aliphatic rings. The van der Waals surface area contributed by atoms with Crippen molar-refractivity contribution >= 4 is 24.3 Å². The number of piperidine rings is 1. The van der Waals surface area contributed by atoms with E-state index in [2.05, 4.69) is 5.32 Å². The highest BCUT2D eigenvalue weighted by Gasteiger charge is 2.25. The van der Waals surface area contributed by atoms with Crippen molar-refractivity contribution in [3.63, 3.8) is 0 Å². The molecule has 140 valence electrons. The van der Waals surface area contributed by atoms with Crippen LogP contribution in [-0.2, 0) is 11.3 Å². The van der Waals surface area contributed by atoms with Crippen LogP contribution in [0.3, 0.4) is 0 Å². The van der Waals surface area contributed by atoms with Gasteiger partial charge >= 0.3 is 6.03 Å². The Balaban J connectivity index is 0.00000312. The number of nitrogens with zero attached hydrogens (tertiary/aromatic N) is 2. The van der Waals surface area contributed by atoms with Gasteiger partial charge in [-0.25, -0.2) is 4.79 Å². The van der Waals surface area contributed by atoms with Gasteiger partial charge in [0.25, 0.3) is 0 Å². The van der Waals surface area contributed by atoms with Gasteiger partial charge in [-0.1, -0.05) is 30.3 Å². The van der Waals surface area contributed by atoms with E-state index in [0.29, 0.717) is 26.1 Å². The second-order valence-electron chi connectivity index (χ2n) is 6.30. The van der Waals surface area contributed by atoms with Crippen LogP contribution in [0.1, 0.15) is 31.2 Å². The van der Waals surface area contributed by atoms with E-state index in [1.54, 1.807) is 11.9 Å². The van der Waals surface area contributed by atoms with Gasteiger partial charge in [0.2, 0.25) is 5.91 Å². The van der Waals surface area contributed by atoms with E-state index in [1.807, 2.05) is 35.2 Å². The lowest BCUT2D eigenvalue weighted by Crippen LogP contribution is -2.48. The maximum absolute atomic E-state index is 12.3. The van der Waals surface area contributed by atoms with E-state index in [0.717, 1.165) is 31.4 Å². The van der Waals surface area contributed by atoms with Crippen molar-refractivity contribution in [3.8, 4) is 0 Å². The smallest absolute Gasteiger partial charge is 0.317 e. The second-order valence-corrected chi connectivity index (χ2v) is 6.30. The van der Waals surface area contributed by atoms with Crippen molar-refractivity contribution in [1.29, 1.82) is 0 Å². The van der Waals surface area contributed by atoms with Gasteiger partial charge < -0.3 is 20.9 Å². The Hall–Kier alpha value is -1.79. The van der Waals surface area contributed by atoms with Crippen molar-refractivity contribution < 1.29 is 9.59 Å². The Morgan fingerprint density at radius 1 is 1.28 bits per heavy atom. The maximum Gasteiger partial charge on any atom is 0.317 e. The van der Waals surface area contributed by atoms with Crippen LogP contribution >= 0.6 is 12.4 Å². The molecule has 6 nitrogen and oxygen atoms in total. The first-order valence-electron chi connectivity index (χ1n) is 8.64. The zero-order chi connectivity index (χ0) is 17.4. The minimum absolute atomic E-state index is 0. The fourth-order valence-corrected chi connectivity index (χ4v) is 3.06. The number of hydrogen-bond acceptors (Lipinski definition) is 3. The van der Waals surface area contributed by atoms with Crippen LogP contribution in [0.25, 0.3) is 0 Å². The SMILES string of the molecule is CN(Cc1ccccc1)C(=O)NCCC(=O)N1CCCCC1CN.Cl. The van der Waals surface area contributed by atoms with Gasteiger partial charge in [0.05, 0.1) is 0 Å². The normalized spacial score (nSPS) is 16.7. The average molecular weight is 369 g/mol. The number of halogens is 1. The Morgan fingerprint density at radius 2 is 2.00 bits per heavy atom. The van der Waals surface area contributed by atoms with Crippen LogP contribution in [0.15, 0.2) is 30.3 Å². The van der Waals surface area contributed by atoms with Crippen LogP contribution in [0.5, 0.6) is 0 Å². The standard InChI is InChI=1S/C18H28N4O2.ClH/c1-21(14-15-7-3-2-4-8-15)18(24)20-11-10-17(23)22-12-6-5-9-16(22)13-19;/h2-4,7-8,16H,5-6,9-14,19H2,1H3,(H,20,24);1H. The van der Waals surface area contributed by atoms with Crippen molar-refractivity contribution in [2.75, 3.05) is 26.7 Å². The highest BCUT2D eigenvalue weighted by Crippen LogP contribution is 2.16. The third-order valence-electron chi connectivity index (χ3n) is 4.44. The van der Waals surface area contributed by atoms with Crippen LogP contribution in [0.4, 0.5) is 4.79 Å². The molecule has 7 heteroatoms. The first-order chi connectivity index (χ1) is 11.6. The molecule has 1 fully saturated rings. The molecule has 0 radical (unpaired) electrons. The van der Waals surface area contributed by atoms with E-state index in [-0.39, 0.29) is 30.4 Å². The number of rotatable bonds is 6. The molecule has 1 aromatic carbocycles. The van der Waals surface area contributed by atoms with Crippen LogP contribution in [0, 0.1) is 0 Å². The summed E-state index contributed by atoms with van der Waals surface area (Å²) in [4.78, 5) is 27.9. The first-order valence-corrected chi connectivity index (χ1v) is 8.64. The van der Waals surface area contributed by atoms with E-state index in [9.17, 15) is 9.59 Å². The number of likely N-dealkylation sites (tertiary alicyclic amines) is 1. The summed E-state index contributed by atoms with van der Waals surface area (Å²) >= 11 is 0. The number of hydrogen-bond donors (Lipinski definition) is 2. The molecule has 2 rings (SSSR count). The highest BCUT2D eigenvalue weighted by atomic mass is 35.5. The van der Waals surface area contributed by atoms with Gasteiger partial charge in [-0.15, -0.1) is 12.4 Å². The molecule has 1 heterocycles. The second kappa shape index (κ2) is 10.9. The van der Waals surface area contributed by atoms with Gasteiger partial charge in [0.15, 0.2) is 0 Å². The molecule has 25 heavy (non-hydrogen) atoms. The predicted molar refractivity (Wildman–Crippen MR) is 102 cm³/mol. The summed E-state index contributed by atoms with van der Waals surface area (Å²) < 4.78 is 0. The minimum Gasteiger partial charge on any atom is -0.338 e. The highest BCUT2D eigenvalue weighted by molar-refractivity contribution is 5.85. The summed E-state index contributed by atoms with van der Waals surface area (Å²) in [5.41, 5.74) is 6.83. The number of carbonyl (C=O) groups excluding carboxylic acids is 2. The number of amides is 3. The summed E-state index contributed by atoms with van der Waals surface area (Å²) in [6.45, 7) is 2.19. The number of nitrogens with two attached hydrogens (primary N) is 1. The number of benzene rings is 1. The molecule has 1 atom stereocenters. The van der Waals surface area contributed by atoms with E-state index in [1.165, 1.54) is 0 Å². The largest absolute Gasteiger partial charge is 0.338 e. The third kappa shape index (κ3) is 6.55. The lowest BCUT2D eigenvalue weighted by atomic mass is 10.0. The Labute approximate surface area is 156 Å². The van der Waals surface area contributed by atoms with Crippen molar-refractivity contribution in [2.24, 2.45) is 5.73 Å². The molecule has 0 saturated carbocycles. The zero-order valence-electron chi connectivity index (χ0n) is 14.8. The maximum atomic E-state index is 12.3. The molecule has 1 saturated heterocycles. The molecule has 0 aromatic heterocycles. The monoisotopic (exact) mass is 368 g/mol. The van der Waals surface area contributed by atoms with Crippen molar-refractivity contribution in [2.45, 2.75) is 38.3 Å². The van der Waals surface area contributed by atoms with Crippen LogP contribution < -0.4 is 11.1 Å². The molecule has 1 aromatic rings. The molecule has 3 N–H and O–H groups in total. The number of nitrogens with one attached hydrogen (secondary N) is 1. The van der Waals surface area contributed by atoms with Gasteiger partial charge in [0.1, 0.15) is 0 Å². The summed E-state index contributed by atoms with van der Waals surface area (Å²) in [7, 11) is 1.75. The van der Waals surface area contributed by atoms with Crippen LogP contribution in [0.2, 0.25) is 0 Å². The predicted octanol–water partition coefficient (Wildman–Crippen LogP) is 1.98. The first kappa shape index (κ1) is 21.3. The van der Waals surface area contributed by atoms with Crippen LogP contribution in [-0.4, -0.2) is 54.5 Å². The molecule has 3 amide bonds. The summed E-state index contributed by atoms with van der Waals surface area (Å²) in [6, 6.07) is 9.80. The fraction of sp³-hybridized carbons (Fsp3) is 0.556. The summed E-state index contributed by atoms with van der Waals surface area (Å²) in [5.74, 6) is 0.0798. The molecule has 1 aliphatic heterocycles. The van der Waals surface area contributed by atoms with Gasteiger partial charge in [-0.05, 0) is 24.8 Å². The Morgan fingerprint density at radius 3 is 2.68 bits per heavy atom. The van der Waals surface area contributed by atoms with E-state index >= 15 is 0 Å². The number of urea groups is 1. The molecular formula is C18H29ClN4O2. The molecule has 1 unspecified atom stereocenters. The Kier molecular flexibility index (Phi) is 9.31. The summed E-state index contributed by atoms with van der Waals surface area (Å²) in [5, 5.41) is 2.81. The zero-order valence-corrected chi connectivity index (χ0v) is 15.6. The summed E-state index contributed by atoms with van der Waals surface area (Å²) in [6.07, 6.45) is 3.47. The van der Waals surface area contributed by atoms with Crippen molar-refractivity contribution in [1.82, 2.24) is 15.1 Å². The van der Waals surface area contributed by atoms with E-state index in [4.69, 9.17) is 5.73 Å². The Bertz CT molecular complexity index is 541. The van der Waals surface area contributed by atoms with Crippen molar-refractivity contribution in [3.05, 3.63) is 35.9 Å². The lowest BCUT2D eigenvalue weighted by Gasteiger charge is -2.35. The average Bonchev–Trinajstić information content (AvgIpc) is 2.62. The molecule has 0 aliphatic carbocycles. The third-order valence-corrected chi connectivity index (χ3v) is 4.44. The lowest BCUT2D eigenvalue weighted by molar-refractivity contribution is -0.134. The quantitative estimate of drug-likeness (QED) is 0.805. The number of carbonyl (C=O) groups is 2. The topological polar surface area (TPSA) is 78.7 Å². The fourth-order valence-electron chi connectivity index (χ4n) is 3.06. The molecule has 0 spiro atoms. The molecular weight excluding hydrogens is 340 g/mol. The minimum atomic E-state index is -0.166. The van der Waals surface area contributed by atoms with E-state index < -0.39 is 0 Å².